The van der Waals surface area contributed by atoms with E-state index in [1.165, 1.54) is 35.5 Å². The number of aromatic nitrogens is 3. The van der Waals surface area contributed by atoms with E-state index in [2.05, 4.69) is 15.4 Å². The van der Waals surface area contributed by atoms with Gasteiger partial charge in [0.1, 0.15) is 12.7 Å². The molecule has 0 aliphatic heterocycles. The first-order valence-electron chi connectivity index (χ1n) is 7.54. The fourth-order valence-corrected chi connectivity index (χ4v) is 2.69. The highest BCUT2D eigenvalue weighted by Crippen LogP contribution is 2.33. The van der Waals surface area contributed by atoms with Crippen LogP contribution in [-0.4, -0.2) is 20.7 Å². The molecular weight excluding hydrogens is 404 g/mol. The molecule has 0 spiro atoms. The summed E-state index contributed by atoms with van der Waals surface area (Å²) in [6.07, 6.45) is -2.09. The minimum Gasteiger partial charge on any atom is -0.324 e. The lowest BCUT2D eigenvalue weighted by molar-refractivity contribution is -0.137. The predicted octanol–water partition coefficient (Wildman–Crippen LogP) is 4.77. The summed E-state index contributed by atoms with van der Waals surface area (Å²) in [6, 6.07) is 7.64. The zero-order valence-electron chi connectivity index (χ0n) is 13.5. The molecule has 1 heterocycles. The van der Waals surface area contributed by atoms with Crippen LogP contribution < -0.4 is 5.32 Å². The first kappa shape index (κ1) is 19.2. The third-order valence-corrected chi connectivity index (χ3v) is 4.35. The average molecular weight is 415 g/mol. The van der Waals surface area contributed by atoms with Gasteiger partial charge in [0.25, 0.3) is 0 Å². The Morgan fingerprint density at radius 3 is 2.52 bits per heavy atom. The maximum Gasteiger partial charge on any atom is 0.416 e. The SMILES string of the molecule is O=C(Cc1ccc(Cl)c(Cl)c1)Nc1cc(C(F)(F)F)ccc1-n1cncn1. The Bertz CT molecular complexity index is 975. The van der Waals surface area contributed by atoms with Crippen LogP contribution in [0.1, 0.15) is 11.1 Å². The molecule has 140 valence electrons. The fourth-order valence-electron chi connectivity index (χ4n) is 2.37. The molecule has 0 aliphatic rings. The van der Waals surface area contributed by atoms with Crippen molar-refractivity contribution in [2.75, 3.05) is 5.32 Å². The van der Waals surface area contributed by atoms with Crippen LogP contribution in [0, 0.1) is 0 Å². The van der Waals surface area contributed by atoms with Crippen LogP contribution in [0.4, 0.5) is 18.9 Å². The van der Waals surface area contributed by atoms with Gasteiger partial charge >= 0.3 is 6.18 Å². The van der Waals surface area contributed by atoms with Gasteiger partial charge in [0, 0.05) is 0 Å². The molecule has 0 unspecified atom stereocenters. The van der Waals surface area contributed by atoms with Crippen LogP contribution in [0.25, 0.3) is 5.69 Å². The Morgan fingerprint density at radius 1 is 1.11 bits per heavy atom. The molecule has 0 bridgehead atoms. The summed E-state index contributed by atoms with van der Waals surface area (Å²) in [5.74, 6) is -0.519. The van der Waals surface area contributed by atoms with Crippen molar-refractivity contribution in [3.63, 3.8) is 0 Å². The number of nitrogens with zero attached hydrogens (tertiary/aromatic N) is 3. The summed E-state index contributed by atoms with van der Waals surface area (Å²) in [7, 11) is 0. The first-order valence-corrected chi connectivity index (χ1v) is 8.29. The molecule has 0 saturated heterocycles. The normalized spacial score (nSPS) is 11.4. The van der Waals surface area contributed by atoms with Crippen molar-refractivity contribution in [2.24, 2.45) is 0 Å². The summed E-state index contributed by atoms with van der Waals surface area (Å²) in [6.45, 7) is 0. The number of hydrogen-bond donors (Lipinski definition) is 1. The van der Waals surface area contributed by atoms with Gasteiger partial charge in [-0.1, -0.05) is 29.3 Å². The average Bonchev–Trinajstić information content (AvgIpc) is 3.11. The van der Waals surface area contributed by atoms with Gasteiger partial charge in [-0.25, -0.2) is 9.67 Å². The molecule has 0 radical (unpaired) electrons. The third-order valence-electron chi connectivity index (χ3n) is 3.61. The number of rotatable bonds is 4. The number of hydrogen-bond acceptors (Lipinski definition) is 3. The molecule has 1 amide bonds. The van der Waals surface area contributed by atoms with Gasteiger partial charge in [0.15, 0.2) is 0 Å². The van der Waals surface area contributed by atoms with Crippen molar-refractivity contribution in [1.82, 2.24) is 14.8 Å². The number of nitrogens with one attached hydrogen (secondary N) is 1. The van der Waals surface area contributed by atoms with E-state index in [1.54, 1.807) is 6.07 Å². The summed E-state index contributed by atoms with van der Waals surface area (Å²) >= 11 is 11.7. The second-order valence-corrected chi connectivity index (χ2v) is 6.36. The van der Waals surface area contributed by atoms with Crippen molar-refractivity contribution < 1.29 is 18.0 Å². The van der Waals surface area contributed by atoms with Gasteiger partial charge in [-0.3, -0.25) is 4.79 Å². The van der Waals surface area contributed by atoms with Gasteiger partial charge in [-0.05, 0) is 35.9 Å². The second kappa shape index (κ2) is 7.58. The number of benzene rings is 2. The molecule has 3 aromatic rings. The van der Waals surface area contributed by atoms with Gasteiger partial charge in [-0.2, -0.15) is 18.3 Å². The van der Waals surface area contributed by atoms with Crippen LogP contribution in [0.15, 0.2) is 49.1 Å². The van der Waals surface area contributed by atoms with Crippen LogP contribution >= 0.6 is 23.2 Å². The molecule has 2 aromatic carbocycles. The molecule has 0 fully saturated rings. The topological polar surface area (TPSA) is 59.8 Å². The molecule has 0 saturated carbocycles. The van der Waals surface area contributed by atoms with E-state index in [9.17, 15) is 18.0 Å². The van der Waals surface area contributed by atoms with Crippen LogP contribution in [0.5, 0.6) is 0 Å². The van der Waals surface area contributed by atoms with E-state index < -0.39 is 17.6 Å². The Morgan fingerprint density at radius 2 is 1.89 bits per heavy atom. The first-order chi connectivity index (χ1) is 12.7. The number of carbonyl (C=O) groups excluding carboxylic acids is 1. The number of amides is 1. The lowest BCUT2D eigenvalue weighted by atomic mass is 10.1. The highest BCUT2D eigenvalue weighted by atomic mass is 35.5. The van der Waals surface area contributed by atoms with Gasteiger partial charge in [-0.15, -0.1) is 0 Å². The molecule has 0 aliphatic carbocycles. The summed E-state index contributed by atoms with van der Waals surface area (Å²) in [5, 5.41) is 7.00. The van der Waals surface area contributed by atoms with Gasteiger partial charge in [0.2, 0.25) is 5.91 Å². The molecule has 1 aromatic heterocycles. The number of alkyl halides is 3. The van der Waals surface area contributed by atoms with Crippen molar-refractivity contribution in [1.29, 1.82) is 0 Å². The second-order valence-electron chi connectivity index (χ2n) is 5.54. The van der Waals surface area contributed by atoms with E-state index in [0.717, 1.165) is 12.1 Å². The number of anilines is 1. The van der Waals surface area contributed by atoms with E-state index in [4.69, 9.17) is 23.2 Å². The van der Waals surface area contributed by atoms with Crippen LogP contribution in [-0.2, 0) is 17.4 Å². The van der Waals surface area contributed by atoms with Crippen molar-refractivity contribution >= 4 is 34.8 Å². The van der Waals surface area contributed by atoms with E-state index in [1.807, 2.05) is 0 Å². The van der Waals surface area contributed by atoms with Gasteiger partial charge in [0.05, 0.1) is 33.4 Å². The third kappa shape index (κ3) is 4.58. The van der Waals surface area contributed by atoms with Crippen molar-refractivity contribution in [3.8, 4) is 5.69 Å². The smallest absolute Gasteiger partial charge is 0.324 e. The van der Waals surface area contributed by atoms with E-state index in [0.29, 0.717) is 10.6 Å². The molecule has 0 atom stereocenters. The lowest BCUT2D eigenvalue weighted by Gasteiger charge is -2.14. The molecule has 1 N–H and O–H groups in total. The lowest BCUT2D eigenvalue weighted by Crippen LogP contribution is -2.17. The molecule has 27 heavy (non-hydrogen) atoms. The number of carbonyl (C=O) groups is 1. The maximum atomic E-state index is 13.0. The van der Waals surface area contributed by atoms with Crippen LogP contribution in [0.3, 0.4) is 0 Å². The molecule has 5 nitrogen and oxygen atoms in total. The van der Waals surface area contributed by atoms with Crippen LogP contribution in [0.2, 0.25) is 10.0 Å². The summed E-state index contributed by atoms with van der Waals surface area (Å²) < 4.78 is 40.4. The Hall–Kier alpha value is -2.58. The Labute approximate surface area is 161 Å². The molecule has 10 heteroatoms. The van der Waals surface area contributed by atoms with Crippen molar-refractivity contribution in [2.45, 2.75) is 12.6 Å². The standard InChI is InChI=1S/C17H11Cl2F3N4O/c18-12-3-1-10(5-13(12)19)6-16(27)25-14-7-11(17(20,21)22)2-4-15(14)26-9-23-8-24-26/h1-5,7-9H,6H2,(H,25,27). The zero-order valence-corrected chi connectivity index (χ0v) is 15.0. The monoisotopic (exact) mass is 414 g/mol. The van der Waals surface area contributed by atoms with E-state index in [-0.39, 0.29) is 22.8 Å². The Balaban J connectivity index is 1.89. The maximum absolute atomic E-state index is 13.0. The predicted molar refractivity (Wildman–Crippen MR) is 95.2 cm³/mol. The van der Waals surface area contributed by atoms with Crippen molar-refractivity contribution in [3.05, 3.63) is 70.2 Å². The van der Waals surface area contributed by atoms with E-state index >= 15 is 0 Å². The largest absolute Gasteiger partial charge is 0.416 e. The number of halogens is 5. The van der Waals surface area contributed by atoms with Gasteiger partial charge < -0.3 is 5.32 Å². The summed E-state index contributed by atoms with van der Waals surface area (Å²) in [4.78, 5) is 16.1. The summed E-state index contributed by atoms with van der Waals surface area (Å²) in [5.41, 5.74) is -0.115. The zero-order chi connectivity index (χ0) is 19.6. The quantitative estimate of drug-likeness (QED) is 0.668. The highest BCUT2D eigenvalue weighted by molar-refractivity contribution is 6.42. The minimum atomic E-state index is -4.55. The molecular formula is C17H11Cl2F3N4O. The minimum absolute atomic E-state index is 0.0413. The molecule has 3 rings (SSSR count). The highest BCUT2D eigenvalue weighted by Gasteiger charge is 2.31. The Kier molecular flexibility index (Phi) is 5.38. The fraction of sp³-hybridized carbons (Fsp3) is 0.118.